The number of carbonyl (C=O) groups is 1. The summed E-state index contributed by atoms with van der Waals surface area (Å²) in [5.74, 6) is 0. The Bertz CT molecular complexity index is 285. The van der Waals surface area contributed by atoms with Crippen LogP contribution >= 0.6 is 0 Å². The summed E-state index contributed by atoms with van der Waals surface area (Å²) in [4.78, 5) is 11.1. The summed E-state index contributed by atoms with van der Waals surface area (Å²) >= 11 is 0. The maximum Gasteiger partial charge on any atom is 0.408 e. The summed E-state index contributed by atoms with van der Waals surface area (Å²) in [6, 6.07) is 0. The molecule has 4 nitrogen and oxygen atoms in total. The van der Waals surface area contributed by atoms with Crippen LogP contribution in [0.1, 0.15) is 34.1 Å². The molecule has 2 aliphatic heterocycles. The van der Waals surface area contributed by atoms with Crippen molar-refractivity contribution in [2.75, 3.05) is 6.54 Å². The lowest BCUT2D eigenvalue weighted by Gasteiger charge is -2.33. The van der Waals surface area contributed by atoms with Gasteiger partial charge in [-0.25, -0.2) is 4.79 Å². The Morgan fingerprint density at radius 1 is 1.29 bits per heavy atom. The van der Waals surface area contributed by atoms with Crippen LogP contribution in [0.5, 0.6) is 0 Å². The minimum atomic E-state index is -0.492. The standard InChI is InChI=1S/C10H17NO3/c1-8(2)5-10(9(3,4)14-8)6-11-7(12)13-10/h5-6H2,1-4H3,(H,11,12). The largest absolute Gasteiger partial charge is 0.438 e. The summed E-state index contributed by atoms with van der Waals surface area (Å²) in [5.41, 5.74) is -1.14. The number of ether oxygens (including phenoxy) is 2. The van der Waals surface area contributed by atoms with E-state index in [0.29, 0.717) is 6.54 Å². The molecule has 0 aromatic rings. The smallest absolute Gasteiger partial charge is 0.408 e. The van der Waals surface area contributed by atoms with Gasteiger partial charge in [0, 0.05) is 6.42 Å². The van der Waals surface area contributed by atoms with Crippen LogP contribution in [0.2, 0.25) is 0 Å². The summed E-state index contributed by atoms with van der Waals surface area (Å²) in [5, 5.41) is 2.70. The molecule has 2 saturated heterocycles. The molecule has 1 atom stereocenters. The maximum absolute atomic E-state index is 11.1. The molecule has 0 bridgehead atoms. The Labute approximate surface area is 84.0 Å². The first kappa shape index (κ1) is 9.77. The fourth-order valence-electron chi connectivity index (χ4n) is 2.62. The number of hydrogen-bond acceptors (Lipinski definition) is 3. The fraction of sp³-hybridized carbons (Fsp3) is 0.900. The molecule has 0 aromatic carbocycles. The zero-order valence-corrected chi connectivity index (χ0v) is 9.14. The van der Waals surface area contributed by atoms with E-state index < -0.39 is 11.2 Å². The third-order valence-electron chi connectivity index (χ3n) is 3.15. The molecule has 0 aromatic heterocycles. The Balaban J connectivity index is 2.32. The number of alkyl carbamates (subject to hydrolysis) is 1. The SMILES string of the molecule is CC1(C)CC2(CNC(=O)O2)C(C)(C)O1. The lowest BCUT2D eigenvalue weighted by Crippen LogP contribution is -2.49. The van der Waals surface area contributed by atoms with Gasteiger partial charge >= 0.3 is 6.09 Å². The Morgan fingerprint density at radius 2 is 1.93 bits per heavy atom. The van der Waals surface area contributed by atoms with E-state index >= 15 is 0 Å². The van der Waals surface area contributed by atoms with Crippen molar-refractivity contribution in [1.82, 2.24) is 5.32 Å². The second-order valence-corrected chi connectivity index (χ2v) is 5.29. The van der Waals surface area contributed by atoms with E-state index in [-0.39, 0.29) is 11.7 Å². The summed E-state index contributed by atoms with van der Waals surface area (Å²) in [7, 11) is 0. The van der Waals surface area contributed by atoms with Gasteiger partial charge in [-0.3, -0.25) is 0 Å². The van der Waals surface area contributed by atoms with Crippen LogP contribution in [0.25, 0.3) is 0 Å². The molecule has 2 rings (SSSR count). The van der Waals surface area contributed by atoms with E-state index in [1.54, 1.807) is 0 Å². The van der Waals surface area contributed by atoms with Crippen LogP contribution in [0.15, 0.2) is 0 Å². The van der Waals surface area contributed by atoms with E-state index in [0.717, 1.165) is 6.42 Å². The van der Waals surface area contributed by atoms with Gasteiger partial charge in [0.2, 0.25) is 0 Å². The minimum absolute atomic E-state index is 0.226. The quantitative estimate of drug-likeness (QED) is 0.642. The van der Waals surface area contributed by atoms with Crippen LogP contribution < -0.4 is 5.32 Å². The van der Waals surface area contributed by atoms with Crippen molar-refractivity contribution < 1.29 is 14.3 Å². The maximum atomic E-state index is 11.1. The van der Waals surface area contributed by atoms with Crippen LogP contribution in [0.3, 0.4) is 0 Å². The molecule has 0 aliphatic carbocycles. The molecule has 14 heavy (non-hydrogen) atoms. The second-order valence-electron chi connectivity index (χ2n) is 5.29. The molecule has 4 heteroatoms. The topological polar surface area (TPSA) is 47.6 Å². The highest BCUT2D eigenvalue weighted by Gasteiger charge is 2.62. The van der Waals surface area contributed by atoms with Gasteiger partial charge in [0.15, 0.2) is 5.60 Å². The number of rotatable bonds is 0. The van der Waals surface area contributed by atoms with Crippen molar-refractivity contribution in [2.24, 2.45) is 0 Å². The molecule has 1 spiro atoms. The number of nitrogens with one attached hydrogen (secondary N) is 1. The first-order chi connectivity index (χ1) is 6.27. The van der Waals surface area contributed by atoms with E-state index in [1.807, 2.05) is 27.7 Å². The van der Waals surface area contributed by atoms with E-state index in [9.17, 15) is 4.79 Å². The van der Waals surface area contributed by atoms with E-state index in [4.69, 9.17) is 9.47 Å². The predicted molar refractivity (Wildman–Crippen MR) is 51.1 cm³/mol. The molecular weight excluding hydrogens is 182 g/mol. The molecule has 1 unspecified atom stereocenters. The molecular formula is C10H17NO3. The Morgan fingerprint density at radius 3 is 2.29 bits per heavy atom. The third-order valence-corrected chi connectivity index (χ3v) is 3.15. The highest BCUT2D eigenvalue weighted by atomic mass is 16.6. The molecule has 1 amide bonds. The molecule has 0 radical (unpaired) electrons. The monoisotopic (exact) mass is 199 g/mol. The van der Waals surface area contributed by atoms with Crippen molar-refractivity contribution in [2.45, 2.75) is 50.9 Å². The number of carbonyl (C=O) groups excluding carboxylic acids is 1. The first-order valence-corrected chi connectivity index (χ1v) is 4.93. The van der Waals surface area contributed by atoms with Crippen LogP contribution in [0, 0.1) is 0 Å². The average Bonchev–Trinajstić information content (AvgIpc) is 2.35. The van der Waals surface area contributed by atoms with Gasteiger partial charge < -0.3 is 14.8 Å². The van der Waals surface area contributed by atoms with Gasteiger partial charge in [0.25, 0.3) is 0 Å². The van der Waals surface area contributed by atoms with Crippen molar-refractivity contribution >= 4 is 6.09 Å². The highest BCUT2D eigenvalue weighted by Crippen LogP contribution is 2.48. The van der Waals surface area contributed by atoms with Crippen molar-refractivity contribution in [3.63, 3.8) is 0 Å². The Hall–Kier alpha value is -0.770. The van der Waals surface area contributed by atoms with Crippen LogP contribution in [0.4, 0.5) is 4.79 Å². The first-order valence-electron chi connectivity index (χ1n) is 4.93. The lowest BCUT2D eigenvalue weighted by atomic mass is 9.82. The van der Waals surface area contributed by atoms with Crippen molar-refractivity contribution in [3.05, 3.63) is 0 Å². The van der Waals surface area contributed by atoms with Crippen LogP contribution in [-0.2, 0) is 9.47 Å². The van der Waals surface area contributed by atoms with Gasteiger partial charge in [-0.2, -0.15) is 0 Å². The molecule has 2 heterocycles. The van der Waals surface area contributed by atoms with Crippen molar-refractivity contribution in [1.29, 1.82) is 0 Å². The van der Waals surface area contributed by atoms with Gasteiger partial charge in [0.1, 0.15) is 5.60 Å². The molecule has 1 N–H and O–H groups in total. The number of hydrogen-bond donors (Lipinski definition) is 1. The van der Waals surface area contributed by atoms with E-state index in [1.165, 1.54) is 0 Å². The summed E-state index contributed by atoms with van der Waals surface area (Å²) < 4.78 is 11.3. The normalized spacial score (nSPS) is 38.4. The summed E-state index contributed by atoms with van der Waals surface area (Å²) in [6.07, 6.45) is 0.408. The predicted octanol–water partition coefficient (Wildman–Crippen LogP) is 1.44. The van der Waals surface area contributed by atoms with Gasteiger partial charge in [0.05, 0.1) is 12.1 Å². The molecule has 0 saturated carbocycles. The highest BCUT2D eigenvalue weighted by molar-refractivity contribution is 5.70. The molecule has 2 aliphatic rings. The van der Waals surface area contributed by atoms with Crippen molar-refractivity contribution in [3.8, 4) is 0 Å². The lowest BCUT2D eigenvalue weighted by molar-refractivity contribution is -0.114. The number of amides is 1. The zero-order valence-electron chi connectivity index (χ0n) is 9.14. The molecule has 80 valence electrons. The van der Waals surface area contributed by atoms with Gasteiger partial charge in [-0.1, -0.05) is 0 Å². The fourth-order valence-corrected chi connectivity index (χ4v) is 2.62. The summed E-state index contributed by atoms with van der Waals surface area (Å²) in [6.45, 7) is 8.54. The van der Waals surface area contributed by atoms with Gasteiger partial charge in [-0.05, 0) is 27.7 Å². The van der Waals surface area contributed by atoms with Gasteiger partial charge in [-0.15, -0.1) is 0 Å². The van der Waals surface area contributed by atoms with Crippen LogP contribution in [-0.4, -0.2) is 29.4 Å². The average molecular weight is 199 g/mol. The Kier molecular flexibility index (Phi) is 1.69. The zero-order chi connectivity index (χ0) is 10.6. The third kappa shape index (κ3) is 1.21. The second kappa shape index (κ2) is 2.42. The van der Waals surface area contributed by atoms with E-state index in [2.05, 4.69) is 5.32 Å². The molecule has 2 fully saturated rings. The minimum Gasteiger partial charge on any atom is -0.438 e.